The largest absolute Gasteiger partial charge is 0.306 e. The lowest BCUT2D eigenvalue weighted by Crippen LogP contribution is -2.10. The SMILES string of the molecule is O=c1[nH]c(-c2cc(F)ccc2[N+](=O)[O-])nc2ccccc12. The summed E-state index contributed by atoms with van der Waals surface area (Å²) in [7, 11) is 0. The molecule has 1 N–H and O–H groups in total. The van der Waals surface area contributed by atoms with Crippen molar-refractivity contribution in [2.45, 2.75) is 0 Å². The summed E-state index contributed by atoms with van der Waals surface area (Å²) < 4.78 is 13.4. The van der Waals surface area contributed by atoms with Gasteiger partial charge < -0.3 is 4.98 Å². The number of aromatic amines is 1. The maximum atomic E-state index is 13.4. The highest BCUT2D eigenvalue weighted by molar-refractivity contribution is 5.80. The minimum absolute atomic E-state index is 0.0371. The van der Waals surface area contributed by atoms with Crippen LogP contribution in [0, 0.1) is 15.9 Å². The molecule has 7 heteroatoms. The van der Waals surface area contributed by atoms with Gasteiger partial charge in [-0.15, -0.1) is 0 Å². The number of nitro groups is 1. The number of fused-ring (bicyclic) bond motifs is 1. The molecule has 3 aromatic rings. The third kappa shape index (κ3) is 2.25. The molecule has 104 valence electrons. The molecule has 0 aliphatic carbocycles. The normalized spacial score (nSPS) is 10.7. The Morgan fingerprint density at radius 2 is 1.95 bits per heavy atom. The smallest absolute Gasteiger partial charge is 0.280 e. The van der Waals surface area contributed by atoms with E-state index in [0.29, 0.717) is 10.9 Å². The topological polar surface area (TPSA) is 88.9 Å². The third-order valence-corrected chi connectivity index (χ3v) is 3.02. The molecule has 2 aromatic carbocycles. The van der Waals surface area contributed by atoms with Gasteiger partial charge in [0.15, 0.2) is 0 Å². The fourth-order valence-corrected chi connectivity index (χ4v) is 2.07. The van der Waals surface area contributed by atoms with Gasteiger partial charge in [-0.1, -0.05) is 12.1 Å². The van der Waals surface area contributed by atoms with E-state index >= 15 is 0 Å². The van der Waals surface area contributed by atoms with Gasteiger partial charge in [-0.25, -0.2) is 9.37 Å². The van der Waals surface area contributed by atoms with Gasteiger partial charge in [0, 0.05) is 6.07 Å². The maximum Gasteiger partial charge on any atom is 0.280 e. The number of nitrogens with one attached hydrogen (secondary N) is 1. The van der Waals surface area contributed by atoms with Gasteiger partial charge in [0.25, 0.3) is 11.2 Å². The van der Waals surface area contributed by atoms with Crippen LogP contribution in [0.4, 0.5) is 10.1 Å². The quantitative estimate of drug-likeness (QED) is 0.579. The summed E-state index contributed by atoms with van der Waals surface area (Å²) in [6.45, 7) is 0. The first kappa shape index (κ1) is 12.9. The number of hydrogen-bond donors (Lipinski definition) is 1. The first-order chi connectivity index (χ1) is 10.1. The lowest BCUT2D eigenvalue weighted by Gasteiger charge is -2.04. The van der Waals surface area contributed by atoms with Crippen molar-refractivity contribution >= 4 is 16.6 Å². The van der Waals surface area contributed by atoms with Crippen molar-refractivity contribution in [1.29, 1.82) is 0 Å². The van der Waals surface area contributed by atoms with Crippen molar-refractivity contribution in [1.82, 2.24) is 9.97 Å². The van der Waals surface area contributed by atoms with Crippen LogP contribution in [-0.4, -0.2) is 14.9 Å². The molecule has 6 nitrogen and oxygen atoms in total. The molecule has 0 aliphatic rings. The van der Waals surface area contributed by atoms with Gasteiger partial charge in [0.05, 0.1) is 21.4 Å². The van der Waals surface area contributed by atoms with Crippen LogP contribution in [0.1, 0.15) is 0 Å². The molecule has 0 unspecified atom stereocenters. The predicted octanol–water partition coefficient (Wildman–Crippen LogP) is 2.64. The van der Waals surface area contributed by atoms with Gasteiger partial charge in [-0.3, -0.25) is 14.9 Å². The van der Waals surface area contributed by atoms with Crippen LogP contribution in [0.2, 0.25) is 0 Å². The van der Waals surface area contributed by atoms with Crippen LogP contribution in [0.15, 0.2) is 47.3 Å². The van der Waals surface area contributed by atoms with E-state index in [9.17, 15) is 19.3 Å². The zero-order valence-electron chi connectivity index (χ0n) is 10.5. The molecule has 0 saturated heterocycles. The standard InChI is InChI=1S/C14H8FN3O3/c15-8-5-6-12(18(20)21)10(7-8)13-16-11-4-2-1-3-9(11)14(19)17-13/h1-7H,(H,16,17,19). The molecule has 0 fully saturated rings. The molecule has 21 heavy (non-hydrogen) atoms. The summed E-state index contributed by atoms with van der Waals surface area (Å²) in [6, 6.07) is 9.58. The zero-order chi connectivity index (χ0) is 15.0. The first-order valence-corrected chi connectivity index (χ1v) is 5.99. The van der Waals surface area contributed by atoms with Crippen LogP contribution >= 0.6 is 0 Å². The number of H-pyrrole nitrogens is 1. The van der Waals surface area contributed by atoms with Gasteiger partial charge in [0.2, 0.25) is 0 Å². The van der Waals surface area contributed by atoms with Gasteiger partial charge >= 0.3 is 0 Å². The lowest BCUT2D eigenvalue weighted by atomic mass is 10.1. The Hall–Kier alpha value is -3.09. The van der Waals surface area contributed by atoms with Crippen molar-refractivity contribution in [3.8, 4) is 11.4 Å². The minimum Gasteiger partial charge on any atom is -0.306 e. The van der Waals surface area contributed by atoms with Gasteiger partial charge in [-0.05, 0) is 24.3 Å². The van der Waals surface area contributed by atoms with Crippen LogP contribution in [0.25, 0.3) is 22.3 Å². The third-order valence-electron chi connectivity index (χ3n) is 3.02. The number of para-hydroxylation sites is 1. The Kier molecular flexibility index (Phi) is 2.94. The van der Waals surface area contributed by atoms with Crippen LogP contribution in [-0.2, 0) is 0 Å². The highest BCUT2D eigenvalue weighted by atomic mass is 19.1. The highest BCUT2D eigenvalue weighted by Crippen LogP contribution is 2.28. The Morgan fingerprint density at radius 3 is 2.71 bits per heavy atom. The van der Waals surface area contributed by atoms with Gasteiger partial charge in [-0.2, -0.15) is 0 Å². The van der Waals surface area contributed by atoms with E-state index in [2.05, 4.69) is 9.97 Å². The molecular weight excluding hydrogens is 277 g/mol. The number of aromatic nitrogens is 2. The Bertz CT molecular complexity index is 921. The Morgan fingerprint density at radius 1 is 1.19 bits per heavy atom. The van der Waals surface area contributed by atoms with Gasteiger partial charge in [0.1, 0.15) is 11.6 Å². The zero-order valence-corrected chi connectivity index (χ0v) is 10.5. The molecule has 0 radical (unpaired) electrons. The molecule has 0 bridgehead atoms. The number of rotatable bonds is 2. The molecule has 0 atom stereocenters. The Labute approximate surface area is 117 Å². The van der Waals surface area contributed by atoms with Crippen LogP contribution < -0.4 is 5.56 Å². The molecule has 0 saturated carbocycles. The number of hydrogen-bond acceptors (Lipinski definition) is 4. The maximum absolute atomic E-state index is 13.4. The molecular formula is C14H8FN3O3. The van der Waals surface area contributed by atoms with E-state index in [4.69, 9.17) is 0 Å². The summed E-state index contributed by atoms with van der Waals surface area (Å²) in [6.07, 6.45) is 0. The molecule has 0 amide bonds. The highest BCUT2D eigenvalue weighted by Gasteiger charge is 2.18. The molecule has 1 aromatic heterocycles. The number of halogens is 1. The fourth-order valence-electron chi connectivity index (χ4n) is 2.07. The molecule has 1 heterocycles. The van der Waals surface area contributed by atoms with E-state index in [1.54, 1.807) is 24.3 Å². The fraction of sp³-hybridized carbons (Fsp3) is 0. The second kappa shape index (κ2) is 4.78. The van der Waals surface area contributed by atoms with Crippen LogP contribution in [0.5, 0.6) is 0 Å². The van der Waals surface area contributed by atoms with E-state index in [1.807, 2.05) is 0 Å². The average molecular weight is 285 g/mol. The van der Waals surface area contributed by atoms with E-state index < -0.39 is 16.3 Å². The summed E-state index contributed by atoms with van der Waals surface area (Å²) in [5.41, 5.74) is -0.443. The molecule has 0 aliphatic heterocycles. The number of nitrogens with zero attached hydrogens (tertiary/aromatic N) is 2. The van der Waals surface area contributed by atoms with Crippen molar-refractivity contribution < 1.29 is 9.31 Å². The predicted molar refractivity (Wildman–Crippen MR) is 74.4 cm³/mol. The van der Waals surface area contributed by atoms with Crippen molar-refractivity contribution in [3.63, 3.8) is 0 Å². The monoisotopic (exact) mass is 285 g/mol. The van der Waals surface area contributed by atoms with Crippen molar-refractivity contribution in [2.75, 3.05) is 0 Å². The Balaban J connectivity index is 2.33. The molecule has 3 rings (SSSR count). The first-order valence-electron chi connectivity index (χ1n) is 5.99. The summed E-state index contributed by atoms with van der Waals surface area (Å²) in [5, 5.41) is 11.4. The average Bonchev–Trinajstić information content (AvgIpc) is 2.46. The minimum atomic E-state index is -0.649. The second-order valence-electron chi connectivity index (χ2n) is 4.35. The summed E-state index contributed by atoms with van der Waals surface area (Å²) in [4.78, 5) is 29.0. The second-order valence-corrected chi connectivity index (χ2v) is 4.35. The number of benzene rings is 2. The van der Waals surface area contributed by atoms with Crippen LogP contribution in [0.3, 0.4) is 0 Å². The van der Waals surface area contributed by atoms with Crippen molar-refractivity contribution in [2.24, 2.45) is 0 Å². The van der Waals surface area contributed by atoms with E-state index in [-0.39, 0.29) is 17.1 Å². The van der Waals surface area contributed by atoms with Crippen molar-refractivity contribution in [3.05, 3.63) is 68.7 Å². The summed E-state index contributed by atoms with van der Waals surface area (Å²) in [5.74, 6) is -0.684. The van der Waals surface area contributed by atoms with E-state index in [1.165, 1.54) is 0 Å². The number of nitro benzene ring substituents is 1. The summed E-state index contributed by atoms with van der Waals surface area (Å²) >= 11 is 0. The molecule has 0 spiro atoms. The lowest BCUT2D eigenvalue weighted by molar-refractivity contribution is -0.384. The van der Waals surface area contributed by atoms with E-state index in [0.717, 1.165) is 18.2 Å².